The Morgan fingerprint density at radius 1 is 1.20 bits per heavy atom. The van der Waals surface area contributed by atoms with Crippen molar-refractivity contribution in [2.75, 3.05) is 17.7 Å². The van der Waals surface area contributed by atoms with E-state index in [0.29, 0.717) is 28.5 Å². The summed E-state index contributed by atoms with van der Waals surface area (Å²) in [4.78, 5) is 45.3. The van der Waals surface area contributed by atoms with Gasteiger partial charge in [0.15, 0.2) is 0 Å². The van der Waals surface area contributed by atoms with Crippen molar-refractivity contribution in [2.24, 2.45) is 13.0 Å². The molecule has 206 valence electrons. The van der Waals surface area contributed by atoms with Crippen LogP contribution < -0.4 is 16.0 Å². The number of anilines is 2. The number of amides is 3. The number of hydrogen-bond acceptors (Lipinski definition) is 6. The van der Waals surface area contributed by atoms with Crippen molar-refractivity contribution >= 4 is 40.2 Å². The van der Waals surface area contributed by atoms with Gasteiger partial charge < -0.3 is 20.4 Å². The summed E-state index contributed by atoms with van der Waals surface area (Å²) in [6.07, 6.45) is 5.60. The lowest BCUT2D eigenvalue weighted by Crippen LogP contribution is -2.30. The molecule has 3 heterocycles. The summed E-state index contributed by atoms with van der Waals surface area (Å²) >= 11 is 0. The van der Waals surface area contributed by atoms with Gasteiger partial charge in [-0.25, -0.2) is 18.6 Å². The molecule has 11 nitrogen and oxygen atoms in total. The molecular weight excluding hydrogens is 524 g/mol. The zero-order chi connectivity index (χ0) is 28.6. The van der Waals surface area contributed by atoms with Crippen molar-refractivity contribution < 1.29 is 27.9 Å². The molecule has 4 N–H and O–H groups in total. The number of methoxy groups -OCH3 is 1. The lowest BCUT2D eigenvalue weighted by molar-refractivity contribution is -0.118. The van der Waals surface area contributed by atoms with E-state index in [1.54, 1.807) is 44.3 Å². The van der Waals surface area contributed by atoms with Crippen LogP contribution in [-0.2, 0) is 16.6 Å². The lowest BCUT2D eigenvalue weighted by atomic mass is 10.0. The van der Waals surface area contributed by atoms with Crippen LogP contribution in [0.5, 0.6) is 0 Å². The molecule has 2 unspecified atom stereocenters. The Morgan fingerprint density at radius 2 is 2.00 bits per heavy atom. The summed E-state index contributed by atoms with van der Waals surface area (Å²) in [5.41, 5.74) is 1.33. The third-order valence-corrected chi connectivity index (χ3v) is 6.61. The Kier molecular flexibility index (Phi) is 7.03. The number of benzene rings is 2. The Balaban J connectivity index is 1.51. The Hall–Kier alpha value is -5.07. The quantitative estimate of drug-likeness (QED) is 0.279. The van der Waals surface area contributed by atoms with Crippen molar-refractivity contribution in [3.05, 3.63) is 71.8 Å². The van der Waals surface area contributed by atoms with Crippen LogP contribution in [0.2, 0.25) is 0 Å². The molecule has 5 rings (SSSR count). The molecule has 13 heteroatoms. The molecule has 0 saturated carbocycles. The highest BCUT2D eigenvalue weighted by atomic mass is 19.1. The molecular formula is C27H25F2N7O4. The molecule has 0 radical (unpaired) electrons. The number of aromatic amines is 1. The normalized spacial score (nSPS) is 17.7. The highest BCUT2D eigenvalue weighted by Gasteiger charge is 2.26. The van der Waals surface area contributed by atoms with Gasteiger partial charge in [-0.05, 0) is 24.6 Å². The molecule has 3 amide bonds. The largest absolute Gasteiger partial charge is 0.453 e. The number of hydrogen-bond donors (Lipinski definition) is 4. The molecule has 0 spiro atoms. The van der Waals surface area contributed by atoms with Crippen LogP contribution in [0.25, 0.3) is 22.2 Å². The van der Waals surface area contributed by atoms with E-state index in [4.69, 9.17) is 0 Å². The third kappa shape index (κ3) is 5.00. The maximum atomic E-state index is 15.2. The van der Waals surface area contributed by atoms with Crippen molar-refractivity contribution in [1.82, 2.24) is 25.1 Å². The second-order valence-corrected chi connectivity index (χ2v) is 9.28. The average molecular weight is 550 g/mol. The number of H-pyrrole nitrogens is 1. The van der Waals surface area contributed by atoms with Gasteiger partial charge in [-0.3, -0.25) is 19.6 Å². The predicted octanol–water partition coefficient (Wildman–Crippen LogP) is 4.43. The van der Waals surface area contributed by atoms with Gasteiger partial charge in [0.2, 0.25) is 5.91 Å². The summed E-state index contributed by atoms with van der Waals surface area (Å²) in [5, 5.41) is 12.0. The molecule has 2 bridgehead atoms. The smallest absolute Gasteiger partial charge is 0.411 e. The fourth-order valence-electron chi connectivity index (χ4n) is 4.43. The maximum Gasteiger partial charge on any atom is 0.411 e. The van der Waals surface area contributed by atoms with E-state index in [-0.39, 0.29) is 23.2 Å². The first-order valence-corrected chi connectivity index (χ1v) is 12.3. The highest BCUT2D eigenvalue weighted by molar-refractivity contribution is 6.00. The van der Waals surface area contributed by atoms with Gasteiger partial charge in [-0.15, -0.1) is 0 Å². The van der Waals surface area contributed by atoms with E-state index in [1.807, 2.05) is 0 Å². The molecule has 0 fully saturated rings. The number of imidazole rings is 1. The van der Waals surface area contributed by atoms with Crippen LogP contribution in [0.1, 0.15) is 35.6 Å². The van der Waals surface area contributed by atoms with Crippen molar-refractivity contribution in [3.8, 4) is 11.3 Å². The molecule has 0 saturated heterocycles. The number of halogens is 2. The van der Waals surface area contributed by atoms with Crippen LogP contribution in [-0.4, -0.2) is 44.8 Å². The molecule has 40 heavy (non-hydrogen) atoms. The lowest BCUT2D eigenvalue weighted by Gasteiger charge is -2.18. The van der Waals surface area contributed by atoms with Crippen molar-refractivity contribution in [1.29, 1.82) is 0 Å². The van der Waals surface area contributed by atoms with E-state index in [1.165, 1.54) is 24.2 Å². The number of rotatable bonds is 3. The SMILES string of the molecule is COC(=O)Nc1ccc2c(c1)NC(=O)C(C)/C=C\CC(NC(=O)c1c(F)cc3c(cnn3C)c1F)c1ncc-2[nH]1. The van der Waals surface area contributed by atoms with Gasteiger partial charge in [0, 0.05) is 24.4 Å². The molecule has 0 aliphatic carbocycles. The van der Waals surface area contributed by atoms with Gasteiger partial charge in [-0.1, -0.05) is 19.1 Å². The van der Waals surface area contributed by atoms with E-state index in [0.717, 1.165) is 6.07 Å². The molecule has 2 aromatic heterocycles. The van der Waals surface area contributed by atoms with Gasteiger partial charge in [0.1, 0.15) is 23.0 Å². The Bertz CT molecular complexity index is 1680. The second kappa shape index (κ2) is 10.6. The van der Waals surface area contributed by atoms with Crippen LogP contribution in [0, 0.1) is 17.6 Å². The highest BCUT2D eigenvalue weighted by Crippen LogP contribution is 2.32. The van der Waals surface area contributed by atoms with Crippen LogP contribution >= 0.6 is 0 Å². The van der Waals surface area contributed by atoms with Gasteiger partial charge >= 0.3 is 6.09 Å². The summed E-state index contributed by atoms with van der Waals surface area (Å²) in [5.74, 6) is -3.55. The number of ether oxygens (including phenoxy) is 1. The topological polar surface area (TPSA) is 143 Å². The molecule has 1 aliphatic rings. The van der Waals surface area contributed by atoms with E-state index in [9.17, 15) is 18.8 Å². The van der Waals surface area contributed by atoms with Crippen molar-refractivity contribution in [2.45, 2.75) is 19.4 Å². The molecule has 1 aliphatic heterocycles. The monoisotopic (exact) mass is 549 g/mol. The van der Waals surface area contributed by atoms with Crippen LogP contribution in [0.4, 0.5) is 25.0 Å². The second-order valence-electron chi connectivity index (χ2n) is 9.28. The first-order chi connectivity index (χ1) is 19.2. The minimum absolute atomic E-state index is 0.0189. The van der Waals surface area contributed by atoms with E-state index >= 15 is 4.39 Å². The van der Waals surface area contributed by atoms with E-state index in [2.05, 4.69) is 35.8 Å². The number of fused-ring (bicyclic) bond motifs is 5. The zero-order valence-electron chi connectivity index (χ0n) is 21.7. The molecule has 4 aromatic rings. The number of carbonyl (C=O) groups is 3. The number of carbonyl (C=O) groups excluding carboxylic acids is 3. The summed E-state index contributed by atoms with van der Waals surface area (Å²) in [6.45, 7) is 1.69. The summed E-state index contributed by atoms with van der Waals surface area (Å²) in [7, 11) is 2.78. The fourth-order valence-corrected chi connectivity index (χ4v) is 4.43. The standard InChI is InChI=1S/C27H25F2N7O4/c1-13-5-4-6-18(34-26(38)22-17(28)10-21-16(23(22)29)11-31-36(21)2)24-30-12-20(33-24)15-8-7-14(32-27(39)40-3)9-19(15)35-25(13)37/h4-5,7-13,18H,6H2,1-3H3,(H,30,33)(H,32,39)(H,34,38)(H,35,37)/b5-4-. The first-order valence-electron chi connectivity index (χ1n) is 12.3. The molecule has 2 atom stereocenters. The minimum Gasteiger partial charge on any atom is -0.453 e. The van der Waals surface area contributed by atoms with Gasteiger partial charge in [-0.2, -0.15) is 5.10 Å². The number of nitrogens with zero attached hydrogens (tertiary/aromatic N) is 3. The Morgan fingerprint density at radius 3 is 2.77 bits per heavy atom. The summed E-state index contributed by atoms with van der Waals surface area (Å²) in [6, 6.07) is 5.13. The average Bonchev–Trinajstić information content (AvgIpc) is 3.55. The predicted molar refractivity (Wildman–Crippen MR) is 142 cm³/mol. The fraction of sp³-hybridized carbons (Fsp3) is 0.222. The van der Waals surface area contributed by atoms with Gasteiger partial charge in [0.25, 0.3) is 5.91 Å². The minimum atomic E-state index is -1.02. The molecule has 2 aromatic carbocycles. The number of nitrogens with one attached hydrogen (secondary N) is 4. The van der Waals surface area contributed by atoms with E-state index < -0.39 is 41.2 Å². The first kappa shape index (κ1) is 26.5. The van der Waals surface area contributed by atoms with Crippen molar-refractivity contribution in [3.63, 3.8) is 0 Å². The van der Waals surface area contributed by atoms with Gasteiger partial charge in [0.05, 0.1) is 53.7 Å². The maximum absolute atomic E-state index is 15.2. The summed E-state index contributed by atoms with van der Waals surface area (Å²) < 4.78 is 36.0. The zero-order valence-corrected chi connectivity index (χ0v) is 21.7. The number of aryl methyl sites for hydroxylation is 1. The third-order valence-electron chi connectivity index (χ3n) is 6.61. The van der Waals surface area contributed by atoms with Crippen LogP contribution in [0.15, 0.2) is 48.8 Å². The van der Waals surface area contributed by atoms with Crippen LogP contribution in [0.3, 0.4) is 0 Å². The number of aromatic nitrogens is 4. The Labute approximate surface area is 226 Å².